The van der Waals surface area contributed by atoms with E-state index in [9.17, 15) is 13.3 Å². The summed E-state index contributed by atoms with van der Waals surface area (Å²) >= 11 is -1.36. The Labute approximate surface area is 56.6 Å². The van der Waals surface area contributed by atoms with Crippen molar-refractivity contribution < 1.29 is 13.3 Å². The fourth-order valence-corrected chi connectivity index (χ4v) is 1.15. The minimum atomic E-state index is -2.45. The smallest absolute Gasteiger partial charge is 0.282 e. The SMILES string of the molecule is [CH2]CC[S+]([O-])CC(F)F. The van der Waals surface area contributed by atoms with Crippen molar-refractivity contribution in [3.05, 3.63) is 6.92 Å². The van der Waals surface area contributed by atoms with Gasteiger partial charge in [-0.1, -0.05) is 0 Å². The first-order chi connectivity index (χ1) is 4.16. The average Bonchev–Trinajstić information content (AvgIpc) is 1.63. The van der Waals surface area contributed by atoms with E-state index in [1.54, 1.807) is 0 Å². The Morgan fingerprint density at radius 1 is 1.56 bits per heavy atom. The Kier molecular flexibility index (Phi) is 5.09. The maximum atomic E-state index is 11.4. The van der Waals surface area contributed by atoms with Crippen LogP contribution in [-0.4, -0.2) is 22.5 Å². The van der Waals surface area contributed by atoms with Gasteiger partial charge in [-0.25, -0.2) is 8.78 Å². The van der Waals surface area contributed by atoms with Crippen LogP contribution in [0.4, 0.5) is 8.78 Å². The standard InChI is InChI=1S/C5H9F2OS/c1-2-3-9(8)4-5(6)7/h5H,1-4H2. The second kappa shape index (κ2) is 4.99. The lowest BCUT2D eigenvalue weighted by atomic mass is 10.6. The number of alkyl halides is 2. The van der Waals surface area contributed by atoms with Crippen LogP contribution in [-0.2, 0) is 11.2 Å². The molecule has 0 aliphatic carbocycles. The normalized spacial score (nSPS) is 14.3. The number of hydrogen-bond acceptors (Lipinski definition) is 1. The summed E-state index contributed by atoms with van der Waals surface area (Å²) in [6.45, 7) is 3.39. The summed E-state index contributed by atoms with van der Waals surface area (Å²) in [6.07, 6.45) is -1.99. The molecule has 4 heteroatoms. The van der Waals surface area contributed by atoms with Gasteiger partial charge in [0, 0.05) is 0 Å². The molecule has 0 amide bonds. The lowest BCUT2D eigenvalue weighted by Crippen LogP contribution is -2.16. The molecule has 55 valence electrons. The molecule has 1 radical (unpaired) electrons. The second-order valence-electron chi connectivity index (χ2n) is 1.56. The monoisotopic (exact) mass is 155 g/mol. The van der Waals surface area contributed by atoms with Gasteiger partial charge in [0.25, 0.3) is 6.43 Å². The van der Waals surface area contributed by atoms with Crippen molar-refractivity contribution in [2.45, 2.75) is 12.8 Å². The summed E-state index contributed by atoms with van der Waals surface area (Å²) in [4.78, 5) is 0. The van der Waals surface area contributed by atoms with Crippen LogP contribution < -0.4 is 0 Å². The highest BCUT2D eigenvalue weighted by Crippen LogP contribution is 2.00. The summed E-state index contributed by atoms with van der Waals surface area (Å²) in [5.41, 5.74) is 0. The molecule has 0 heterocycles. The molecule has 0 fully saturated rings. The predicted octanol–water partition coefficient (Wildman–Crippen LogP) is 1.22. The van der Waals surface area contributed by atoms with Crippen molar-refractivity contribution in [3.8, 4) is 0 Å². The molecule has 0 bridgehead atoms. The lowest BCUT2D eigenvalue weighted by Gasteiger charge is -2.07. The molecule has 0 aliphatic heterocycles. The van der Waals surface area contributed by atoms with E-state index in [0.717, 1.165) is 0 Å². The molecule has 0 aromatic heterocycles. The molecule has 1 nitrogen and oxygen atoms in total. The molecular weight excluding hydrogens is 146 g/mol. The molecule has 0 saturated heterocycles. The highest BCUT2D eigenvalue weighted by Gasteiger charge is 2.12. The van der Waals surface area contributed by atoms with E-state index < -0.39 is 23.4 Å². The zero-order chi connectivity index (χ0) is 7.28. The topological polar surface area (TPSA) is 23.1 Å². The lowest BCUT2D eigenvalue weighted by molar-refractivity contribution is 0.174. The van der Waals surface area contributed by atoms with Crippen LogP contribution in [0, 0.1) is 6.92 Å². The van der Waals surface area contributed by atoms with E-state index in [4.69, 9.17) is 0 Å². The van der Waals surface area contributed by atoms with Crippen LogP contribution in [0.15, 0.2) is 0 Å². The number of rotatable bonds is 4. The fraction of sp³-hybridized carbons (Fsp3) is 0.800. The molecule has 0 aromatic carbocycles. The van der Waals surface area contributed by atoms with Crippen molar-refractivity contribution >= 4 is 11.2 Å². The van der Waals surface area contributed by atoms with E-state index in [-0.39, 0.29) is 5.75 Å². The van der Waals surface area contributed by atoms with Crippen molar-refractivity contribution in [1.82, 2.24) is 0 Å². The number of hydrogen-bond donors (Lipinski definition) is 0. The Hall–Kier alpha value is 0.170. The summed E-state index contributed by atoms with van der Waals surface area (Å²) in [5, 5.41) is 0. The van der Waals surface area contributed by atoms with Gasteiger partial charge in [0.15, 0.2) is 5.75 Å². The van der Waals surface area contributed by atoms with Gasteiger partial charge in [-0.05, 0) is 24.5 Å². The van der Waals surface area contributed by atoms with Gasteiger partial charge in [-0.2, -0.15) is 0 Å². The van der Waals surface area contributed by atoms with Crippen molar-refractivity contribution in [3.63, 3.8) is 0 Å². The largest absolute Gasteiger partial charge is 0.616 e. The van der Waals surface area contributed by atoms with Crippen LogP contribution in [0.2, 0.25) is 0 Å². The molecule has 0 rings (SSSR count). The molecule has 0 saturated carbocycles. The number of halogens is 2. The van der Waals surface area contributed by atoms with Gasteiger partial charge < -0.3 is 4.55 Å². The zero-order valence-electron chi connectivity index (χ0n) is 4.98. The first-order valence-corrected chi connectivity index (χ1v) is 4.08. The first-order valence-electron chi connectivity index (χ1n) is 2.59. The minimum absolute atomic E-state index is 0.282. The van der Waals surface area contributed by atoms with Crippen molar-refractivity contribution in [1.29, 1.82) is 0 Å². The Bertz CT molecular complexity index is 70.0. The summed E-state index contributed by atoms with van der Waals surface area (Å²) in [7, 11) is 0. The van der Waals surface area contributed by atoms with Gasteiger partial charge in [0.05, 0.1) is 0 Å². The van der Waals surface area contributed by atoms with Gasteiger partial charge in [0.1, 0.15) is 5.75 Å². The minimum Gasteiger partial charge on any atom is -0.616 e. The molecule has 0 N–H and O–H groups in total. The van der Waals surface area contributed by atoms with Crippen LogP contribution in [0.3, 0.4) is 0 Å². The third-order valence-electron chi connectivity index (χ3n) is 0.684. The van der Waals surface area contributed by atoms with Gasteiger partial charge in [-0.3, -0.25) is 0 Å². The quantitative estimate of drug-likeness (QED) is 0.560. The Morgan fingerprint density at radius 3 is 2.44 bits per heavy atom. The highest BCUT2D eigenvalue weighted by molar-refractivity contribution is 7.91. The summed E-state index contributed by atoms with van der Waals surface area (Å²) < 4.78 is 33.2. The molecule has 0 aromatic rings. The van der Waals surface area contributed by atoms with Crippen LogP contribution in [0.25, 0.3) is 0 Å². The third kappa shape index (κ3) is 6.05. The van der Waals surface area contributed by atoms with E-state index in [1.807, 2.05) is 0 Å². The maximum Gasteiger partial charge on any atom is 0.282 e. The summed E-state index contributed by atoms with van der Waals surface area (Å²) in [6, 6.07) is 0. The molecule has 1 unspecified atom stereocenters. The van der Waals surface area contributed by atoms with Crippen LogP contribution >= 0.6 is 0 Å². The zero-order valence-corrected chi connectivity index (χ0v) is 5.79. The van der Waals surface area contributed by atoms with Crippen molar-refractivity contribution in [2.24, 2.45) is 0 Å². The third-order valence-corrected chi connectivity index (χ3v) is 2.05. The molecule has 1 atom stereocenters. The highest BCUT2D eigenvalue weighted by atomic mass is 32.2. The predicted molar refractivity (Wildman–Crippen MR) is 33.9 cm³/mol. The fourth-order valence-electron chi connectivity index (χ4n) is 0.385. The molecule has 0 aliphatic rings. The maximum absolute atomic E-state index is 11.4. The van der Waals surface area contributed by atoms with E-state index >= 15 is 0 Å². The van der Waals surface area contributed by atoms with Gasteiger partial charge in [0.2, 0.25) is 0 Å². The Morgan fingerprint density at radius 2 is 2.11 bits per heavy atom. The van der Waals surface area contributed by atoms with Gasteiger partial charge in [-0.15, -0.1) is 0 Å². The van der Waals surface area contributed by atoms with Crippen LogP contribution in [0.5, 0.6) is 0 Å². The van der Waals surface area contributed by atoms with Crippen molar-refractivity contribution in [2.75, 3.05) is 11.5 Å². The van der Waals surface area contributed by atoms with E-state index in [1.165, 1.54) is 0 Å². The Balaban J connectivity index is 3.15. The van der Waals surface area contributed by atoms with Gasteiger partial charge >= 0.3 is 0 Å². The van der Waals surface area contributed by atoms with Crippen LogP contribution in [0.1, 0.15) is 6.42 Å². The second-order valence-corrected chi connectivity index (χ2v) is 3.18. The molecule has 0 spiro atoms. The summed E-state index contributed by atoms with van der Waals surface area (Å²) in [5.74, 6) is -0.222. The van der Waals surface area contributed by atoms with E-state index in [2.05, 4.69) is 6.92 Å². The first kappa shape index (κ1) is 9.17. The van der Waals surface area contributed by atoms with E-state index in [0.29, 0.717) is 6.42 Å². The molecular formula is C5H9F2OS. The average molecular weight is 155 g/mol. The molecule has 9 heavy (non-hydrogen) atoms.